The van der Waals surface area contributed by atoms with Crippen molar-refractivity contribution in [1.29, 1.82) is 0 Å². The molecule has 0 bridgehead atoms. The zero-order valence-corrected chi connectivity index (χ0v) is 13.6. The Morgan fingerprint density at radius 2 is 1.91 bits per heavy atom. The molecular weight excluding hydrogens is 298 g/mol. The number of piperidine rings is 1. The Labute approximate surface area is 136 Å². The number of amides is 1. The van der Waals surface area contributed by atoms with Crippen molar-refractivity contribution in [2.24, 2.45) is 5.92 Å². The summed E-state index contributed by atoms with van der Waals surface area (Å²) in [5.41, 5.74) is 2.55. The third-order valence-electron chi connectivity index (χ3n) is 5.08. The van der Waals surface area contributed by atoms with Gasteiger partial charge in [-0.1, -0.05) is 24.3 Å². The third-order valence-corrected chi connectivity index (χ3v) is 5.08. The summed E-state index contributed by atoms with van der Waals surface area (Å²) in [5, 5.41) is 0. The molecule has 1 atom stereocenters. The fraction of sp³-hybridized carbons (Fsp3) is 0.611. The molecule has 0 aliphatic carbocycles. The smallest absolute Gasteiger partial charge is 0.251 e. The average molecular weight is 322 g/mol. The Hall–Kier alpha value is -1.49. The molecule has 2 saturated heterocycles. The molecule has 1 unspecified atom stereocenters. The van der Waals surface area contributed by atoms with Gasteiger partial charge in [0.2, 0.25) is 5.91 Å². The van der Waals surface area contributed by atoms with Gasteiger partial charge in [-0.05, 0) is 31.0 Å². The van der Waals surface area contributed by atoms with Crippen molar-refractivity contribution in [2.45, 2.75) is 38.7 Å². The number of aryl methyl sites for hydroxylation is 1. The van der Waals surface area contributed by atoms with Crippen LogP contribution in [0.4, 0.5) is 8.78 Å². The first-order valence-electron chi connectivity index (χ1n) is 8.38. The van der Waals surface area contributed by atoms with Crippen LogP contribution < -0.4 is 0 Å². The van der Waals surface area contributed by atoms with Gasteiger partial charge in [0.15, 0.2) is 0 Å². The highest BCUT2D eigenvalue weighted by Crippen LogP contribution is 2.29. The number of halogens is 2. The lowest BCUT2D eigenvalue weighted by Crippen LogP contribution is -2.45. The molecule has 0 saturated carbocycles. The SMILES string of the molecule is Cc1ccccc1CN1CCC(C(=O)N2CCC(F)(F)CC2)C1. The Morgan fingerprint density at radius 1 is 1.22 bits per heavy atom. The second-order valence-electron chi connectivity index (χ2n) is 6.83. The zero-order chi connectivity index (χ0) is 16.4. The van der Waals surface area contributed by atoms with Crippen molar-refractivity contribution in [1.82, 2.24) is 9.80 Å². The molecule has 5 heteroatoms. The number of carbonyl (C=O) groups is 1. The zero-order valence-electron chi connectivity index (χ0n) is 13.6. The molecule has 0 spiro atoms. The first-order chi connectivity index (χ1) is 10.9. The summed E-state index contributed by atoms with van der Waals surface area (Å²) < 4.78 is 26.4. The highest BCUT2D eigenvalue weighted by molar-refractivity contribution is 5.79. The molecule has 2 aliphatic rings. The van der Waals surface area contributed by atoms with E-state index < -0.39 is 5.92 Å². The van der Waals surface area contributed by atoms with Gasteiger partial charge in [0, 0.05) is 39.0 Å². The Bertz CT molecular complexity index is 566. The largest absolute Gasteiger partial charge is 0.342 e. The van der Waals surface area contributed by atoms with Crippen LogP contribution in [0.1, 0.15) is 30.4 Å². The van der Waals surface area contributed by atoms with E-state index in [1.807, 2.05) is 12.1 Å². The number of likely N-dealkylation sites (tertiary alicyclic amines) is 2. The maximum Gasteiger partial charge on any atom is 0.251 e. The molecule has 2 fully saturated rings. The predicted octanol–water partition coefficient (Wildman–Crippen LogP) is 3.07. The summed E-state index contributed by atoms with van der Waals surface area (Å²) in [5.74, 6) is -2.57. The van der Waals surface area contributed by atoms with Crippen LogP contribution in [-0.4, -0.2) is 47.8 Å². The van der Waals surface area contributed by atoms with Crippen molar-refractivity contribution in [3.8, 4) is 0 Å². The molecule has 23 heavy (non-hydrogen) atoms. The van der Waals surface area contributed by atoms with Gasteiger partial charge in [0.1, 0.15) is 0 Å². The van der Waals surface area contributed by atoms with Crippen LogP contribution in [0.3, 0.4) is 0 Å². The van der Waals surface area contributed by atoms with Gasteiger partial charge >= 0.3 is 0 Å². The molecule has 0 radical (unpaired) electrons. The normalized spacial score (nSPS) is 24.8. The molecule has 1 aromatic carbocycles. The van der Waals surface area contributed by atoms with Gasteiger partial charge in [-0.2, -0.15) is 0 Å². The average Bonchev–Trinajstić information content (AvgIpc) is 2.97. The van der Waals surface area contributed by atoms with Gasteiger partial charge in [-0.15, -0.1) is 0 Å². The van der Waals surface area contributed by atoms with Crippen LogP contribution in [0.5, 0.6) is 0 Å². The number of carbonyl (C=O) groups excluding carboxylic acids is 1. The van der Waals surface area contributed by atoms with Crippen molar-refractivity contribution in [3.63, 3.8) is 0 Å². The van der Waals surface area contributed by atoms with Crippen LogP contribution in [0.15, 0.2) is 24.3 Å². The second-order valence-corrected chi connectivity index (χ2v) is 6.83. The summed E-state index contributed by atoms with van der Waals surface area (Å²) in [7, 11) is 0. The van der Waals surface area contributed by atoms with E-state index in [9.17, 15) is 13.6 Å². The fourth-order valence-corrected chi connectivity index (χ4v) is 3.52. The van der Waals surface area contributed by atoms with Gasteiger partial charge < -0.3 is 4.90 Å². The number of rotatable bonds is 3. The highest BCUT2D eigenvalue weighted by atomic mass is 19.3. The molecule has 2 aliphatic heterocycles. The Morgan fingerprint density at radius 3 is 2.61 bits per heavy atom. The van der Waals surface area contributed by atoms with Crippen molar-refractivity contribution in [2.75, 3.05) is 26.2 Å². The van der Waals surface area contributed by atoms with E-state index in [0.29, 0.717) is 0 Å². The molecule has 0 N–H and O–H groups in total. The van der Waals surface area contributed by atoms with E-state index in [1.54, 1.807) is 4.90 Å². The highest BCUT2D eigenvalue weighted by Gasteiger charge is 2.38. The van der Waals surface area contributed by atoms with Crippen LogP contribution >= 0.6 is 0 Å². The predicted molar refractivity (Wildman–Crippen MR) is 85.3 cm³/mol. The first kappa shape index (κ1) is 16.4. The first-order valence-corrected chi connectivity index (χ1v) is 8.38. The third kappa shape index (κ3) is 3.89. The molecule has 0 aromatic heterocycles. The van der Waals surface area contributed by atoms with Gasteiger partial charge in [-0.25, -0.2) is 8.78 Å². The number of alkyl halides is 2. The number of benzene rings is 1. The van der Waals surface area contributed by atoms with E-state index in [2.05, 4.69) is 24.0 Å². The molecule has 1 amide bonds. The molecule has 126 valence electrons. The molecule has 3 nitrogen and oxygen atoms in total. The van der Waals surface area contributed by atoms with Crippen molar-refractivity contribution < 1.29 is 13.6 Å². The van der Waals surface area contributed by atoms with E-state index in [1.165, 1.54) is 11.1 Å². The second kappa shape index (κ2) is 6.56. The summed E-state index contributed by atoms with van der Waals surface area (Å²) in [6.45, 7) is 4.98. The minimum Gasteiger partial charge on any atom is -0.342 e. The van der Waals surface area contributed by atoms with E-state index in [4.69, 9.17) is 0 Å². The molecule has 3 rings (SSSR count). The lowest BCUT2D eigenvalue weighted by molar-refractivity contribution is -0.141. The topological polar surface area (TPSA) is 23.6 Å². The van der Waals surface area contributed by atoms with Gasteiger partial charge in [0.25, 0.3) is 5.92 Å². The molecular formula is C18H24F2N2O. The summed E-state index contributed by atoms with van der Waals surface area (Å²) in [6.07, 6.45) is 0.439. The number of hydrogen-bond acceptors (Lipinski definition) is 2. The van der Waals surface area contributed by atoms with Crippen LogP contribution in [0.25, 0.3) is 0 Å². The van der Waals surface area contributed by atoms with Crippen LogP contribution in [0.2, 0.25) is 0 Å². The Kier molecular flexibility index (Phi) is 4.67. The fourth-order valence-electron chi connectivity index (χ4n) is 3.52. The molecule has 1 aromatic rings. The van der Waals surface area contributed by atoms with E-state index >= 15 is 0 Å². The Balaban J connectivity index is 1.53. The maximum absolute atomic E-state index is 13.2. The number of nitrogens with zero attached hydrogens (tertiary/aromatic N) is 2. The summed E-state index contributed by atoms with van der Waals surface area (Å²) >= 11 is 0. The summed E-state index contributed by atoms with van der Waals surface area (Å²) in [4.78, 5) is 16.5. The number of hydrogen-bond donors (Lipinski definition) is 0. The van der Waals surface area contributed by atoms with Crippen molar-refractivity contribution in [3.05, 3.63) is 35.4 Å². The van der Waals surface area contributed by atoms with Crippen LogP contribution in [0, 0.1) is 12.8 Å². The van der Waals surface area contributed by atoms with E-state index in [-0.39, 0.29) is 37.8 Å². The maximum atomic E-state index is 13.2. The minimum absolute atomic E-state index is 0.0364. The van der Waals surface area contributed by atoms with Gasteiger partial charge in [0.05, 0.1) is 5.92 Å². The lowest BCUT2D eigenvalue weighted by atomic mass is 10.0. The van der Waals surface area contributed by atoms with E-state index in [0.717, 1.165) is 26.1 Å². The standard InChI is InChI=1S/C18H24F2N2O/c1-14-4-2-3-5-15(14)12-21-9-6-16(13-21)17(23)22-10-7-18(19,20)8-11-22/h2-5,16H,6-13H2,1H3. The molecule has 2 heterocycles. The monoisotopic (exact) mass is 322 g/mol. The lowest BCUT2D eigenvalue weighted by Gasteiger charge is -2.33. The van der Waals surface area contributed by atoms with Gasteiger partial charge in [-0.3, -0.25) is 9.69 Å². The van der Waals surface area contributed by atoms with Crippen molar-refractivity contribution >= 4 is 5.91 Å². The minimum atomic E-state index is -2.59. The van der Waals surface area contributed by atoms with Crippen LogP contribution in [-0.2, 0) is 11.3 Å². The summed E-state index contributed by atoms with van der Waals surface area (Å²) in [6, 6.07) is 8.29. The quantitative estimate of drug-likeness (QED) is 0.854.